The lowest BCUT2D eigenvalue weighted by Gasteiger charge is -2.10. The maximum absolute atomic E-state index is 12.1. The van der Waals surface area contributed by atoms with Crippen molar-refractivity contribution in [2.24, 2.45) is 5.10 Å². The maximum atomic E-state index is 12.1. The van der Waals surface area contributed by atoms with E-state index in [2.05, 4.69) is 21.2 Å². The maximum Gasteiger partial charge on any atom is 0.329 e. The number of anilines is 1. The van der Waals surface area contributed by atoms with Crippen molar-refractivity contribution in [1.82, 2.24) is 10.7 Å². The molecule has 3 amide bonds. The van der Waals surface area contributed by atoms with E-state index in [1.807, 2.05) is 0 Å². The Bertz CT molecular complexity index is 930. The van der Waals surface area contributed by atoms with Gasteiger partial charge in [-0.25, -0.2) is 5.43 Å². The van der Waals surface area contributed by atoms with E-state index in [-0.39, 0.29) is 12.5 Å². The zero-order valence-corrected chi connectivity index (χ0v) is 17.9. The first-order chi connectivity index (χ1) is 15.5. The smallest absolute Gasteiger partial charge is 0.329 e. The highest BCUT2D eigenvalue weighted by Crippen LogP contribution is 2.22. The second-order valence-corrected chi connectivity index (χ2v) is 6.41. The van der Waals surface area contributed by atoms with Gasteiger partial charge in [-0.3, -0.25) is 14.4 Å². The SMILES string of the molecule is COCCCNC(=O)C(=O)N/N=C\c1ccc(OCC(=O)Nc2ccccc2OC)cc1. The molecular weight excluding hydrogens is 416 g/mol. The van der Waals surface area contributed by atoms with Crippen LogP contribution in [0.25, 0.3) is 0 Å². The standard InChI is InChI=1S/C22H26N4O6/c1-30-13-5-12-23-21(28)22(29)26-24-14-16-8-10-17(11-9-16)32-15-20(27)25-18-6-3-4-7-19(18)31-2/h3-4,6-11,14H,5,12-13,15H2,1-2H3,(H,23,28)(H,25,27)(H,26,29)/b24-14-. The Morgan fingerprint density at radius 1 is 1.00 bits per heavy atom. The van der Waals surface area contributed by atoms with Crippen LogP contribution in [0.3, 0.4) is 0 Å². The summed E-state index contributed by atoms with van der Waals surface area (Å²) in [5, 5.41) is 8.92. The van der Waals surface area contributed by atoms with Crippen LogP contribution >= 0.6 is 0 Å². The molecular formula is C22H26N4O6. The van der Waals surface area contributed by atoms with E-state index in [4.69, 9.17) is 14.2 Å². The van der Waals surface area contributed by atoms with E-state index in [0.717, 1.165) is 0 Å². The number of hydrogen-bond donors (Lipinski definition) is 3. The van der Waals surface area contributed by atoms with Gasteiger partial charge in [0.25, 0.3) is 5.91 Å². The second kappa shape index (κ2) is 13.4. The van der Waals surface area contributed by atoms with Crippen molar-refractivity contribution in [1.29, 1.82) is 0 Å². The molecule has 0 saturated carbocycles. The van der Waals surface area contributed by atoms with Gasteiger partial charge in [-0.2, -0.15) is 5.10 Å². The van der Waals surface area contributed by atoms with Gasteiger partial charge in [-0.1, -0.05) is 12.1 Å². The van der Waals surface area contributed by atoms with Crippen LogP contribution in [0.5, 0.6) is 11.5 Å². The summed E-state index contributed by atoms with van der Waals surface area (Å²) in [6.07, 6.45) is 1.99. The van der Waals surface area contributed by atoms with E-state index >= 15 is 0 Å². The molecule has 2 rings (SSSR count). The minimum Gasteiger partial charge on any atom is -0.495 e. The normalized spacial score (nSPS) is 10.4. The Kier molecular flexibility index (Phi) is 10.2. The largest absolute Gasteiger partial charge is 0.495 e. The van der Waals surface area contributed by atoms with Crippen LogP contribution in [0.4, 0.5) is 5.69 Å². The highest BCUT2D eigenvalue weighted by Gasteiger charge is 2.11. The first kappa shape index (κ1) is 24.4. The zero-order chi connectivity index (χ0) is 23.2. The number of ether oxygens (including phenoxy) is 3. The van der Waals surface area contributed by atoms with Gasteiger partial charge in [-0.15, -0.1) is 0 Å². The minimum absolute atomic E-state index is 0.180. The van der Waals surface area contributed by atoms with Gasteiger partial charge in [0.05, 0.1) is 19.0 Å². The molecule has 0 saturated heterocycles. The molecule has 0 unspecified atom stereocenters. The molecule has 0 radical (unpaired) electrons. The summed E-state index contributed by atoms with van der Waals surface area (Å²) in [7, 11) is 3.08. The first-order valence-electron chi connectivity index (χ1n) is 9.79. The Balaban J connectivity index is 1.75. The number of para-hydroxylation sites is 2. The summed E-state index contributed by atoms with van der Waals surface area (Å²) in [5.74, 6) is -0.923. The summed E-state index contributed by atoms with van der Waals surface area (Å²) in [6.45, 7) is 0.648. The Morgan fingerprint density at radius 2 is 1.75 bits per heavy atom. The van der Waals surface area contributed by atoms with E-state index in [0.29, 0.717) is 42.3 Å². The van der Waals surface area contributed by atoms with Crippen LogP contribution in [0.1, 0.15) is 12.0 Å². The van der Waals surface area contributed by atoms with Gasteiger partial charge in [0.15, 0.2) is 6.61 Å². The van der Waals surface area contributed by atoms with Gasteiger partial charge >= 0.3 is 11.8 Å². The van der Waals surface area contributed by atoms with Crippen molar-refractivity contribution in [2.45, 2.75) is 6.42 Å². The van der Waals surface area contributed by atoms with Gasteiger partial charge in [0.2, 0.25) is 0 Å². The molecule has 170 valence electrons. The lowest BCUT2D eigenvalue weighted by atomic mass is 10.2. The Labute approximate surface area is 185 Å². The number of hydrogen-bond acceptors (Lipinski definition) is 7. The molecule has 0 aliphatic rings. The predicted molar refractivity (Wildman–Crippen MR) is 119 cm³/mol. The van der Waals surface area contributed by atoms with Crippen LogP contribution in [0.15, 0.2) is 53.6 Å². The third-order valence-corrected chi connectivity index (χ3v) is 4.03. The Morgan fingerprint density at radius 3 is 2.47 bits per heavy atom. The average Bonchev–Trinajstić information content (AvgIpc) is 2.81. The molecule has 0 heterocycles. The topological polar surface area (TPSA) is 127 Å². The molecule has 2 aromatic rings. The number of nitrogens with zero attached hydrogens (tertiary/aromatic N) is 1. The van der Waals surface area contributed by atoms with Crippen molar-refractivity contribution in [2.75, 3.05) is 39.3 Å². The van der Waals surface area contributed by atoms with Gasteiger partial charge < -0.3 is 24.8 Å². The molecule has 0 spiro atoms. The van der Waals surface area contributed by atoms with Crippen molar-refractivity contribution < 1.29 is 28.6 Å². The predicted octanol–water partition coefficient (Wildman–Crippen LogP) is 1.32. The number of carbonyl (C=O) groups excluding carboxylic acids is 3. The van der Waals surface area contributed by atoms with Crippen molar-refractivity contribution in [3.63, 3.8) is 0 Å². The number of carbonyl (C=O) groups is 3. The molecule has 2 aromatic carbocycles. The minimum atomic E-state index is -0.861. The molecule has 3 N–H and O–H groups in total. The van der Waals surface area contributed by atoms with E-state index < -0.39 is 11.8 Å². The molecule has 0 atom stereocenters. The summed E-state index contributed by atoms with van der Waals surface area (Å²) in [5.41, 5.74) is 3.37. The fourth-order valence-electron chi connectivity index (χ4n) is 2.45. The third-order valence-electron chi connectivity index (χ3n) is 4.03. The molecule has 0 bridgehead atoms. The van der Waals surface area contributed by atoms with Crippen LogP contribution in [0.2, 0.25) is 0 Å². The number of methoxy groups -OCH3 is 2. The number of benzene rings is 2. The summed E-state index contributed by atoms with van der Waals surface area (Å²) >= 11 is 0. The van der Waals surface area contributed by atoms with Gasteiger partial charge in [0.1, 0.15) is 11.5 Å². The van der Waals surface area contributed by atoms with Gasteiger partial charge in [0, 0.05) is 20.3 Å². The van der Waals surface area contributed by atoms with Crippen molar-refractivity contribution in [3.05, 3.63) is 54.1 Å². The molecule has 0 aliphatic heterocycles. The number of amides is 3. The molecule has 32 heavy (non-hydrogen) atoms. The number of nitrogens with one attached hydrogen (secondary N) is 3. The van der Waals surface area contributed by atoms with E-state index in [1.54, 1.807) is 55.6 Å². The molecule has 0 aliphatic carbocycles. The summed E-state index contributed by atoms with van der Waals surface area (Å²) in [6, 6.07) is 13.8. The lowest BCUT2D eigenvalue weighted by molar-refractivity contribution is -0.139. The van der Waals surface area contributed by atoms with E-state index in [9.17, 15) is 14.4 Å². The zero-order valence-electron chi connectivity index (χ0n) is 17.9. The monoisotopic (exact) mass is 442 g/mol. The number of rotatable bonds is 11. The highest BCUT2D eigenvalue weighted by atomic mass is 16.5. The molecule has 10 heteroatoms. The fraction of sp³-hybridized carbons (Fsp3) is 0.273. The van der Waals surface area contributed by atoms with Crippen molar-refractivity contribution in [3.8, 4) is 11.5 Å². The summed E-state index contributed by atoms with van der Waals surface area (Å²) < 4.78 is 15.5. The quantitative estimate of drug-likeness (QED) is 0.208. The van der Waals surface area contributed by atoms with Crippen molar-refractivity contribution >= 4 is 29.6 Å². The van der Waals surface area contributed by atoms with Crippen LogP contribution < -0.4 is 25.5 Å². The lowest BCUT2D eigenvalue weighted by Crippen LogP contribution is -2.38. The highest BCUT2D eigenvalue weighted by molar-refractivity contribution is 6.35. The van der Waals surface area contributed by atoms with Gasteiger partial charge in [-0.05, 0) is 48.4 Å². The first-order valence-corrected chi connectivity index (χ1v) is 9.79. The number of hydrazone groups is 1. The van der Waals surface area contributed by atoms with Crippen LogP contribution in [-0.4, -0.2) is 57.9 Å². The van der Waals surface area contributed by atoms with Crippen LogP contribution in [-0.2, 0) is 19.1 Å². The van der Waals surface area contributed by atoms with E-state index in [1.165, 1.54) is 13.3 Å². The van der Waals surface area contributed by atoms with Crippen LogP contribution in [0, 0.1) is 0 Å². The molecule has 10 nitrogen and oxygen atoms in total. The molecule has 0 aromatic heterocycles. The molecule has 0 fully saturated rings. The average molecular weight is 442 g/mol. The second-order valence-electron chi connectivity index (χ2n) is 6.41. The fourth-order valence-corrected chi connectivity index (χ4v) is 2.45. The summed E-state index contributed by atoms with van der Waals surface area (Å²) in [4.78, 5) is 35.3. The third kappa shape index (κ3) is 8.44. The Hall–Kier alpha value is -3.92.